The predicted octanol–water partition coefficient (Wildman–Crippen LogP) is 3.82. The average molecular weight is 257 g/mol. The number of nitrogens with two attached hydrogens (primary N) is 1. The van der Waals surface area contributed by atoms with Gasteiger partial charge in [-0.2, -0.15) is 0 Å². The van der Waals surface area contributed by atoms with Crippen LogP contribution in [0.15, 0.2) is 18.2 Å². The van der Waals surface area contributed by atoms with Crippen LogP contribution in [-0.2, 0) is 0 Å². The fourth-order valence-electron chi connectivity index (χ4n) is 5.43. The Labute approximate surface area is 115 Å². The van der Waals surface area contributed by atoms with Crippen molar-refractivity contribution in [1.29, 1.82) is 0 Å². The molecule has 2 N–H and O–H groups in total. The molecule has 4 fully saturated rings. The molecule has 0 spiro atoms. The van der Waals surface area contributed by atoms with Crippen LogP contribution in [0.2, 0.25) is 0 Å². The van der Waals surface area contributed by atoms with Crippen LogP contribution in [0.1, 0.15) is 43.6 Å². The van der Waals surface area contributed by atoms with Gasteiger partial charge in [0.15, 0.2) is 0 Å². The topological polar surface area (TPSA) is 35.2 Å². The molecule has 0 saturated heterocycles. The second-order valence-corrected chi connectivity index (χ2v) is 6.96. The lowest BCUT2D eigenvalue weighted by atomic mass is 9.51. The van der Waals surface area contributed by atoms with E-state index in [1.54, 1.807) is 7.11 Å². The van der Waals surface area contributed by atoms with Crippen molar-refractivity contribution in [1.82, 2.24) is 0 Å². The zero-order valence-corrected chi connectivity index (χ0v) is 11.6. The minimum atomic E-state index is 0.765. The average Bonchev–Trinajstić information content (AvgIpc) is 2.37. The van der Waals surface area contributed by atoms with Crippen LogP contribution >= 0.6 is 0 Å². The maximum Gasteiger partial charge on any atom is 0.141 e. The van der Waals surface area contributed by atoms with Crippen LogP contribution in [0.25, 0.3) is 0 Å². The number of hydrogen-bond donors (Lipinski definition) is 1. The summed E-state index contributed by atoms with van der Waals surface area (Å²) >= 11 is 0. The Balaban J connectivity index is 1.67. The van der Waals surface area contributed by atoms with Gasteiger partial charge >= 0.3 is 0 Å². The van der Waals surface area contributed by atoms with E-state index in [1.807, 2.05) is 0 Å². The van der Waals surface area contributed by atoms with E-state index in [1.165, 1.54) is 37.7 Å². The van der Waals surface area contributed by atoms with Crippen molar-refractivity contribution in [3.05, 3.63) is 23.8 Å². The zero-order chi connectivity index (χ0) is 13.0. The van der Waals surface area contributed by atoms with Crippen molar-refractivity contribution in [2.45, 2.75) is 38.0 Å². The highest BCUT2D eigenvalue weighted by atomic mass is 16.5. The molecule has 5 rings (SSSR count). The highest BCUT2D eigenvalue weighted by Gasteiger charge is 2.48. The lowest BCUT2D eigenvalue weighted by Gasteiger charge is -2.54. The summed E-state index contributed by atoms with van der Waals surface area (Å²) in [5.41, 5.74) is 8.36. The quantitative estimate of drug-likeness (QED) is 0.817. The van der Waals surface area contributed by atoms with Crippen LogP contribution in [0.3, 0.4) is 0 Å². The summed E-state index contributed by atoms with van der Waals surface area (Å²) in [6.07, 6.45) is 7.37. The van der Waals surface area contributed by atoms with E-state index in [0.29, 0.717) is 0 Å². The minimum absolute atomic E-state index is 0.765. The van der Waals surface area contributed by atoms with E-state index < -0.39 is 0 Å². The van der Waals surface area contributed by atoms with Crippen LogP contribution in [0, 0.1) is 23.7 Å². The fraction of sp³-hybridized carbons (Fsp3) is 0.647. The molecule has 2 heteroatoms. The number of anilines is 1. The second kappa shape index (κ2) is 4.16. The van der Waals surface area contributed by atoms with Crippen molar-refractivity contribution in [3.63, 3.8) is 0 Å². The molecule has 4 aliphatic rings. The summed E-state index contributed by atoms with van der Waals surface area (Å²) in [6.45, 7) is 0. The molecule has 0 atom stereocenters. The van der Waals surface area contributed by atoms with Crippen molar-refractivity contribution >= 4 is 5.69 Å². The standard InChI is InChI=1S/C17H23NO/c1-19-16-3-2-12(9-15(16)18)17-13-5-10-4-11(7-13)8-14(17)6-10/h2-3,9-11,13-14,17H,4-8,18H2,1H3. The van der Waals surface area contributed by atoms with E-state index in [9.17, 15) is 0 Å². The summed E-state index contributed by atoms with van der Waals surface area (Å²) in [5, 5.41) is 0. The summed E-state index contributed by atoms with van der Waals surface area (Å²) in [7, 11) is 1.69. The van der Waals surface area contributed by atoms with Gasteiger partial charge in [-0.05, 0) is 79.4 Å². The molecule has 2 nitrogen and oxygen atoms in total. The van der Waals surface area contributed by atoms with E-state index in [2.05, 4.69) is 18.2 Å². The molecule has 1 aromatic carbocycles. The fourth-order valence-corrected chi connectivity index (χ4v) is 5.43. The van der Waals surface area contributed by atoms with Crippen LogP contribution in [0.4, 0.5) is 5.69 Å². The van der Waals surface area contributed by atoms with Gasteiger partial charge in [-0.3, -0.25) is 0 Å². The van der Waals surface area contributed by atoms with Gasteiger partial charge in [0.05, 0.1) is 12.8 Å². The molecular weight excluding hydrogens is 234 g/mol. The third kappa shape index (κ3) is 1.76. The lowest BCUT2D eigenvalue weighted by Crippen LogP contribution is -2.43. The molecule has 4 bridgehead atoms. The Hall–Kier alpha value is -1.18. The number of methoxy groups -OCH3 is 1. The van der Waals surface area contributed by atoms with Gasteiger partial charge < -0.3 is 10.5 Å². The lowest BCUT2D eigenvalue weighted by molar-refractivity contribution is -0.00277. The van der Waals surface area contributed by atoms with Gasteiger partial charge in [0, 0.05) is 0 Å². The highest BCUT2D eigenvalue weighted by Crippen LogP contribution is 2.59. The monoisotopic (exact) mass is 257 g/mol. The van der Waals surface area contributed by atoms with Crippen molar-refractivity contribution in [2.75, 3.05) is 12.8 Å². The van der Waals surface area contributed by atoms with E-state index in [4.69, 9.17) is 10.5 Å². The van der Waals surface area contributed by atoms with E-state index in [-0.39, 0.29) is 0 Å². The Bertz CT molecular complexity index is 468. The molecular formula is C17H23NO. The van der Waals surface area contributed by atoms with Crippen LogP contribution in [0.5, 0.6) is 5.75 Å². The summed E-state index contributed by atoms with van der Waals surface area (Å²) in [6, 6.07) is 6.48. The smallest absolute Gasteiger partial charge is 0.141 e. The summed E-state index contributed by atoms with van der Waals surface area (Å²) in [5.74, 6) is 5.49. The van der Waals surface area contributed by atoms with Gasteiger partial charge in [-0.15, -0.1) is 0 Å². The first-order valence-electron chi connectivity index (χ1n) is 7.68. The number of nitrogen functional groups attached to an aromatic ring is 1. The third-order valence-corrected chi connectivity index (χ3v) is 5.87. The normalized spacial score (nSPS) is 39.5. The molecule has 0 unspecified atom stereocenters. The molecule has 0 aromatic heterocycles. The second-order valence-electron chi connectivity index (χ2n) is 6.96. The largest absolute Gasteiger partial charge is 0.495 e. The summed E-state index contributed by atoms with van der Waals surface area (Å²) < 4.78 is 5.28. The Morgan fingerprint density at radius 2 is 1.63 bits per heavy atom. The molecule has 4 aliphatic carbocycles. The summed E-state index contributed by atoms with van der Waals surface area (Å²) in [4.78, 5) is 0. The first kappa shape index (κ1) is 11.6. The number of rotatable bonds is 2. The zero-order valence-electron chi connectivity index (χ0n) is 11.6. The Morgan fingerprint density at radius 1 is 1.00 bits per heavy atom. The number of benzene rings is 1. The van der Waals surface area contributed by atoms with Gasteiger partial charge in [0.25, 0.3) is 0 Å². The molecule has 1 aromatic rings. The first-order valence-corrected chi connectivity index (χ1v) is 7.68. The van der Waals surface area contributed by atoms with Crippen molar-refractivity contribution in [3.8, 4) is 5.75 Å². The first-order chi connectivity index (χ1) is 9.24. The molecule has 4 saturated carbocycles. The minimum Gasteiger partial charge on any atom is -0.495 e. The number of ether oxygens (including phenoxy) is 1. The number of hydrogen-bond acceptors (Lipinski definition) is 2. The van der Waals surface area contributed by atoms with Gasteiger partial charge in [0.2, 0.25) is 0 Å². The maximum atomic E-state index is 6.10. The van der Waals surface area contributed by atoms with Crippen LogP contribution < -0.4 is 10.5 Å². The highest BCUT2D eigenvalue weighted by molar-refractivity contribution is 5.55. The Kier molecular flexibility index (Phi) is 2.54. The molecule has 0 aliphatic heterocycles. The molecule has 0 heterocycles. The van der Waals surface area contributed by atoms with E-state index in [0.717, 1.165) is 41.0 Å². The molecule has 19 heavy (non-hydrogen) atoms. The predicted molar refractivity (Wildman–Crippen MR) is 77.2 cm³/mol. The third-order valence-electron chi connectivity index (χ3n) is 5.87. The molecule has 0 amide bonds. The van der Waals surface area contributed by atoms with Gasteiger partial charge in [0.1, 0.15) is 5.75 Å². The van der Waals surface area contributed by atoms with Gasteiger partial charge in [-0.25, -0.2) is 0 Å². The van der Waals surface area contributed by atoms with Crippen LogP contribution in [-0.4, -0.2) is 7.11 Å². The molecule has 102 valence electrons. The van der Waals surface area contributed by atoms with Gasteiger partial charge in [-0.1, -0.05) is 6.07 Å². The van der Waals surface area contributed by atoms with Crippen molar-refractivity contribution in [2.24, 2.45) is 23.7 Å². The maximum absolute atomic E-state index is 6.10. The Morgan fingerprint density at radius 3 is 2.16 bits per heavy atom. The van der Waals surface area contributed by atoms with E-state index >= 15 is 0 Å². The molecule has 0 radical (unpaired) electrons. The van der Waals surface area contributed by atoms with Crippen molar-refractivity contribution < 1.29 is 4.74 Å². The SMILES string of the molecule is COc1ccc(C2C3CC4CC(C3)CC2C4)cc1N.